The lowest BCUT2D eigenvalue weighted by Crippen LogP contribution is -2.15. The maximum atomic E-state index is 5.79. The van der Waals surface area contributed by atoms with Crippen molar-refractivity contribution in [3.8, 4) is 0 Å². The highest BCUT2D eigenvalue weighted by Crippen LogP contribution is 2.34. The largest absolute Gasteiger partial charge is 0.377 e. The lowest BCUT2D eigenvalue weighted by atomic mass is 9.77. The second-order valence-corrected chi connectivity index (χ2v) is 10.1. The molecule has 0 spiro atoms. The van der Waals surface area contributed by atoms with Crippen LogP contribution >= 0.6 is 0 Å². The lowest BCUT2D eigenvalue weighted by molar-refractivity contribution is 0.117. The summed E-state index contributed by atoms with van der Waals surface area (Å²) in [5.74, 6) is 1.85. The first kappa shape index (κ1) is 25.8. The van der Waals surface area contributed by atoms with E-state index in [0.717, 1.165) is 31.5 Å². The molecule has 1 saturated carbocycles. The Morgan fingerprint density at radius 1 is 0.727 bits per heavy atom. The highest BCUT2D eigenvalue weighted by molar-refractivity contribution is 5.49. The first-order valence-electron chi connectivity index (χ1n) is 13.7. The summed E-state index contributed by atoms with van der Waals surface area (Å²) in [4.78, 5) is 0. The summed E-state index contributed by atoms with van der Waals surface area (Å²) in [5.41, 5.74) is 5.62. The quantitative estimate of drug-likeness (QED) is 0.263. The van der Waals surface area contributed by atoms with Crippen LogP contribution in [0.1, 0.15) is 100 Å². The third-order valence-electron chi connectivity index (χ3n) is 7.36. The lowest BCUT2D eigenvalue weighted by Gasteiger charge is -2.28. The minimum Gasteiger partial charge on any atom is -0.377 e. The van der Waals surface area contributed by atoms with E-state index in [-0.39, 0.29) is 0 Å². The van der Waals surface area contributed by atoms with Crippen LogP contribution < -0.4 is 0 Å². The van der Waals surface area contributed by atoms with Crippen molar-refractivity contribution in [2.75, 3.05) is 6.61 Å². The normalized spacial score (nSPS) is 18.7. The molecule has 0 unspecified atom stereocenters. The molecular weight excluding hydrogens is 400 g/mol. The predicted molar refractivity (Wildman–Crippen MR) is 143 cm³/mol. The van der Waals surface area contributed by atoms with Gasteiger partial charge in [-0.15, -0.1) is 0 Å². The first-order valence-corrected chi connectivity index (χ1v) is 13.7. The van der Waals surface area contributed by atoms with Crippen LogP contribution in [-0.4, -0.2) is 6.61 Å². The molecule has 3 rings (SSSR count). The van der Waals surface area contributed by atoms with Crippen molar-refractivity contribution in [2.45, 2.75) is 97.5 Å². The topological polar surface area (TPSA) is 9.23 Å². The van der Waals surface area contributed by atoms with Gasteiger partial charge in [0.25, 0.3) is 0 Å². The average molecular weight is 447 g/mol. The molecule has 0 amide bonds. The molecule has 0 atom stereocenters. The Hall–Kier alpha value is -1.86. The second kappa shape index (κ2) is 15.1. The molecule has 1 aliphatic carbocycles. The maximum Gasteiger partial charge on any atom is 0.0716 e. The highest BCUT2D eigenvalue weighted by atomic mass is 16.5. The summed E-state index contributed by atoms with van der Waals surface area (Å²) < 4.78 is 5.79. The number of hydrogen-bond acceptors (Lipinski definition) is 1. The molecule has 0 bridgehead atoms. The molecule has 180 valence electrons. The minimum absolute atomic E-state index is 0.758. The third kappa shape index (κ3) is 9.88. The number of unbranched alkanes of at least 4 members (excludes halogenated alkanes) is 2. The number of allylic oxidation sites excluding steroid dienone is 1. The molecule has 0 heterocycles. The highest BCUT2D eigenvalue weighted by Gasteiger charge is 2.20. The molecular formula is C32H46O. The summed E-state index contributed by atoms with van der Waals surface area (Å²) in [6, 6.07) is 18.4. The maximum absolute atomic E-state index is 5.79. The standard InChI is InChI=1S/C32H46O/c1-3-5-7-25-33-26-32-23-21-31(22-24-32)20-19-30-17-15-29(16-18-30)14-13-28-11-9-27(10-12-28)8-6-4-2/h6,8-12,21-24,29-30H,3-5,7,13-20,25-26H2,1-2H3/b8-6+/t29-,30-. The van der Waals surface area contributed by atoms with Crippen molar-refractivity contribution in [3.05, 3.63) is 76.9 Å². The molecule has 0 saturated heterocycles. The number of benzene rings is 2. The van der Waals surface area contributed by atoms with Crippen molar-refractivity contribution in [1.29, 1.82) is 0 Å². The van der Waals surface area contributed by atoms with Gasteiger partial charge in [0.2, 0.25) is 0 Å². The van der Waals surface area contributed by atoms with Gasteiger partial charge in [0.1, 0.15) is 0 Å². The Morgan fingerprint density at radius 3 is 1.82 bits per heavy atom. The molecule has 1 heteroatoms. The van der Waals surface area contributed by atoms with Crippen LogP contribution in [0.25, 0.3) is 6.08 Å². The molecule has 0 aromatic heterocycles. The molecule has 0 radical (unpaired) electrons. The second-order valence-electron chi connectivity index (χ2n) is 10.1. The fourth-order valence-corrected chi connectivity index (χ4v) is 5.05. The summed E-state index contributed by atoms with van der Waals surface area (Å²) in [6.45, 7) is 6.07. The molecule has 33 heavy (non-hydrogen) atoms. The Balaban J connectivity index is 1.29. The summed E-state index contributed by atoms with van der Waals surface area (Å²) in [6.07, 6.45) is 20.1. The van der Waals surface area contributed by atoms with Crippen LogP contribution in [-0.2, 0) is 24.2 Å². The molecule has 2 aromatic rings. The molecule has 1 aliphatic rings. The van der Waals surface area contributed by atoms with Gasteiger partial charge in [-0.05, 0) is 72.6 Å². The smallest absolute Gasteiger partial charge is 0.0716 e. The Bertz CT molecular complexity index is 778. The van der Waals surface area contributed by atoms with E-state index in [4.69, 9.17) is 4.74 Å². The average Bonchev–Trinajstić information content (AvgIpc) is 2.87. The van der Waals surface area contributed by atoms with E-state index in [9.17, 15) is 0 Å². The van der Waals surface area contributed by atoms with Gasteiger partial charge < -0.3 is 4.74 Å². The van der Waals surface area contributed by atoms with Crippen molar-refractivity contribution in [1.82, 2.24) is 0 Å². The van der Waals surface area contributed by atoms with Gasteiger partial charge in [0.15, 0.2) is 0 Å². The van der Waals surface area contributed by atoms with Crippen molar-refractivity contribution in [2.24, 2.45) is 11.8 Å². The molecule has 0 N–H and O–H groups in total. The van der Waals surface area contributed by atoms with Gasteiger partial charge in [0, 0.05) is 6.61 Å². The zero-order valence-electron chi connectivity index (χ0n) is 21.2. The summed E-state index contributed by atoms with van der Waals surface area (Å²) in [7, 11) is 0. The SMILES string of the molecule is CC/C=C/c1ccc(CC[C@H]2CC[C@H](CCc3ccc(COCCCCC)cc3)CC2)cc1. The van der Waals surface area contributed by atoms with Gasteiger partial charge in [0.05, 0.1) is 6.61 Å². The van der Waals surface area contributed by atoms with Crippen LogP contribution in [0.15, 0.2) is 54.6 Å². The Kier molecular flexibility index (Phi) is 11.8. The molecule has 1 nitrogen and oxygen atoms in total. The van der Waals surface area contributed by atoms with E-state index in [0.29, 0.717) is 0 Å². The first-order chi connectivity index (χ1) is 16.3. The monoisotopic (exact) mass is 446 g/mol. The Labute approximate surface area is 203 Å². The van der Waals surface area contributed by atoms with Crippen LogP contribution in [0.5, 0.6) is 0 Å². The van der Waals surface area contributed by atoms with Crippen LogP contribution in [0.4, 0.5) is 0 Å². The molecule has 2 aromatic carbocycles. The van der Waals surface area contributed by atoms with Gasteiger partial charge >= 0.3 is 0 Å². The predicted octanol–water partition coefficient (Wildman–Crippen LogP) is 9.19. The number of hydrogen-bond donors (Lipinski definition) is 0. The van der Waals surface area contributed by atoms with E-state index in [1.165, 1.54) is 92.9 Å². The number of rotatable bonds is 14. The van der Waals surface area contributed by atoms with E-state index < -0.39 is 0 Å². The van der Waals surface area contributed by atoms with E-state index in [2.05, 4.69) is 74.5 Å². The third-order valence-corrected chi connectivity index (χ3v) is 7.36. The summed E-state index contributed by atoms with van der Waals surface area (Å²) >= 11 is 0. The fourth-order valence-electron chi connectivity index (χ4n) is 5.05. The van der Waals surface area contributed by atoms with Crippen LogP contribution in [0.2, 0.25) is 0 Å². The van der Waals surface area contributed by atoms with Crippen LogP contribution in [0.3, 0.4) is 0 Å². The minimum atomic E-state index is 0.758. The van der Waals surface area contributed by atoms with E-state index in [1.807, 2.05) is 0 Å². The van der Waals surface area contributed by atoms with Gasteiger partial charge in [-0.1, -0.05) is 113 Å². The molecule has 0 aliphatic heterocycles. The van der Waals surface area contributed by atoms with Gasteiger partial charge in [-0.3, -0.25) is 0 Å². The van der Waals surface area contributed by atoms with Gasteiger partial charge in [-0.25, -0.2) is 0 Å². The van der Waals surface area contributed by atoms with Crippen molar-refractivity contribution in [3.63, 3.8) is 0 Å². The van der Waals surface area contributed by atoms with Crippen LogP contribution in [0, 0.1) is 11.8 Å². The Morgan fingerprint density at radius 2 is 1.27 bits per heavy atom. The number of aryl methyl sites for hydroxylation is 2. The fraction of sp³-hybridized carbons (Fsp3) is 0.562. The van der Waals surface area contributed by atoms with E-state index >= 15 is 0 Å². The summed E-state index contributed by atoms with van der Waals surface area (Å²) in [5, 5.41) is 0. The van der Waals surface area contributed by atoms with Crippen molar-refractivity contribution < 1.29 is 4.74 Å². The molecule has 1 fully saturated rings. The zero-order valence-corrected chi connectivity index (χ0v) is 21.2. The van der Waals surface area contributed by atoms with Gasteiger partial charge in [-0.2, -0.15) is 0 Å². The zero-order chi connectivity index (χ0) is 23.1. The van der Waals surface area contributed by atoms with Crippen molar-refractivity contribution >= 4 is 6.08 Å². The van der Waals surface area contributed by atoms with E-state index in [1.54, 1.807) is 0 Å². The number of ether oxygens (including phenoxy) is 1.